The Balaban J connectivity index is 1.58. The van der Waals surface area contributed by atoms with Crippen molar-refractivity contribution >= 4 is 15.7 Å². The minimum absolute atomic E-state index is 0.118. The molecule has 0 saturated carbocycles. The lowest BCUT2D eigenvalue weighted by Gasteiger charge is -2.11. The highest BCUT2D eigenvalue weighted by atomic mass is 32.2. The molecule has 27 heavy (non-hydrogen) atoms. The van der Waals surface area contributed by atoms with Gasteiger partial charge in [-0.2, -0.15) is 5.10 Å². The third kappa shape index (κ3) is 3.85. The van der Waals surface area contributed by atoms with Gasteiger partial charge in [0.05, 0.1) is 17.1 Å². The second kappa shape index (κ2) is 7.00. The molecule has 0 spiro atoms. The third-order valence-corrected chi connectivity index (χ3v) is 5.20. The Bertz CT molecular complexity index is 1140. The summed E-state index contributed by atoms with van der Waals surface area (Å²) < 4.78 is 31.3. The number of rotatable bonds is 6. The molecule has 0 atom stereocenters. The summed E-state index contributed by atoms with van der Waals surface area (Å²) in [6.07, 6.45) is 4.95. The van der Waals surface area contributed by atoms with Crippen molar-refractivity contribution in [2.75, 3.05) is 4.72 Å². The molecule has 0 bridgehead atoms. The minimum atomic E-state index is -3.76. The molecule has 0 saturated heterocycles. The molecule has 2 heterocycles. The zero-order chi connectivity index (χ0) is 18.7. The summed E-state index contributed by atoms with van der Waals surface area (Å²) in [5.41, 5.74) is 1.96. The van der Waals surface area contributed by atoms with Crippen molar-refractivity contribution in [2.24, 2.45) is 0 Å². The molecule has 0 aliphatic rings. The van der Waals surface area contributed by atoms with Gasteiger partial charge in [0.15, 0.2) is 0 Å². The molecule has 4 aromatic rings. The molecule has 2 aromatic carbocycles. The lowest BCUT2D eigenvalue weighted by molar-refractivity contribution is 0.601. The number of tetrazole rings is 1. The van der Waals surface area contributed by atoms with Crippen LogP contribution in [0.15, 0.2) is 78.2 Å². The molecule has 0 aliphatic carbocycles. The van der Waals surface area contributed by atoms with E-state index in [-0.39, 0.29) is 4.90 Å². The smallest absolute Gasteiger partial charge is 0.261 e. The van der Waals surface area contributed by atoms with Gasteiger partial charge in [-0.05, 0) is 52.4 Å². The third-order valence-electron chi connectivity index (χ3n) is 3.82. The first-order valence-corrected chi connectivity index (χ1v) is 9.51. The van der Waals surface area contributed by atoms with Crippen molar-refractivity contribution in [2.45, 2.75) is 11.4 Å². The predicted molar refractivity (Wildman–Crippen MR) is 97.7 cm³/mol. The molecular weight excluding hydrogens is 366 g/mol. The van der Waals surface area contributed by atoms with Gasteiger partial charge in [-0.25, -0.2) is 13.1 Å². The molecule has 4 rings (SSSR count). The van der Waals surface area contributed by atoms with Gasteiger partial charge in [-0.1, -0.05) is 18.2 Å². The average molecular weight is 381 g/mol. The van der Waals surface area contributed by atoms with Crippen LogP contribution in [0.25, 0.3) is 5.69 Å². The van der Waals surface area contributed by atoms with Crippen LogP contribution >= 0.6 is 0 Å². The molecule has 10 heteroatoms. The van der Waals surface area contributed by atoms with Gasteiger partial charge < -0.3 is 0 Å². The van der Waals surface area contributed by atoms with Crippen LogP contribution in [0.4, 0.5) is 5.69 Å². The number of nitrogens with one attached hydrogen (secondary N) is 1. The Morgan fingerprint density at radius 3 is 2.70 bits per heavy atom. The van der Waals surface area contributed by atoms with Gasteiger partial charge in [-0.15, -0.1) is 5.10 Å². The number of hydrogen-bond donors (Lipinski definition) is 1. The molecular formula is C17H15N7O2S. The molecule has 0 unspecified atom stereocenters. The maximum atomic E-state index is 12.8. The second-order valence-corrected chi connectivity index (χ2v) is 7.44. The van der Waals surface area contributed by atoms with E-state index in [1.165, 1.54) is 23.1 Å². The molecule has 136 valence electrons. The van der Waals surface area contributed by atoms with E-state index < -0.39 is 10.0 Å². The molecule has 0 fully saturated rings. The van der Waals surface area contributed by atoms with Crippen LogP contribution in [-0.2, 0) is 16.6 Å². The number of sulfonamides is 1. The van der Waals surface area contributed by atoms with Crippen LogP contribution in [-0.4, -0.2) is 38.4 Å². The van der Waals surface area contributed by atoms with E-state index in [9.17, 15) is 8.42 Å². The average Bonchev–Trinajstić information content (AvgIpc) is 3.36. The first-order chi connectivity index (χ1) is 13.1. The summed E-state index contributed by atoms with van der Waals surface area (Å²) in [6, 6.07) is 15.4. The molecule has 2 aromatic heterocycles. The fourth-order valence-electron chi connectivity index (χ4n) is 2.60. The first-order valence-electron chi connectivity index (χ1n) is 8.03. The van der Waals surface area contributed by atoms with Gasteiger partial charge in [0.1, 0.15) is 6.33 Å². The zero-order valence-corrected chi connectivity index (χ0v) is 14.9. The lowest BCUT2D eigenvalue weighted by Crippen LogP contribution is -2.13. The van der Waals surface area contributed by atoms with Crippen molar-refractivity contribution in [3.63, 3.8) is 0 Å². The van der Waals surface area contributed by atoms with Crippen molar-refractivity contribution < 1.29 is 8.42 Å². The number of aromatic nitrogens is 6. The number of benzene rings is 2. The number of nitrogens with zero attached hydrogens (tertiary/aromatic N) is 6. The van der Waals surface area contributed by atoms with E-state index in [0.29, 0.717) is 17.9 Å². The lowest BCUT2D eigenvalue weighted by atomic mass is 10.2. The normalized spacial score (nSPS) is 11.4. The Hall–Kier alpha value is -3.53. The number of hydrogen-bond acceptors (Lipinski definition) is 6. The highest BCUT2D eigenvalue weighted by Gasteiger charge is 2.15. The summed E-state index contributed by atoms with van der Waals surface area (Å²) in [6.45, 7) is 0.553. The Morgan fingerprint density at radius 2 is 1.93 bits per heavy atom. The topological polar surface area (TPSA) is 108 Å². The fourth-order valence-corrected chi connectivity index (χ4v) is 3.69. The van der Waals surface area contributed by atoms with Crippen LogP contribution in [0, 0.1) is 0 Å². The molecule has 0 amide bonds. The Kier molecular flexibility index (Phi) is 4.38. The van der Waals surface area contributed by atoms with E-state index in [2.05, 4.69) is 25.3 Å². The van der Waals surface area contributed by atoms with Gasteiger partial charge in [0.2, 0.25) is 0 Å². The van der Waals surface area contributed by atoms with Crippen LogP contribution < -0.4 is 4.72 Å². The maximum Gasteiger partial charge on any atom is 0.261 e. The molecule has 0 aliphatic heterocycles. The summed E-state index contributed by atoms with van der Waals surface area (Å²) in [5, 5.41) is 15.0. The predicted octanol–water partition coefficient (Wildman–Crippen LogP) is 1.71. The van der Waals surface area contributed by atoms with E-state index in [0.717, 1.165) is 5.56 Å². The highest BCUT2D eigenvalue weighted by molar-refractivity contribution is 7.92. The van der Waals surface area contributed by atoms with Crippen LogP contribution in [0.1, 0.15) is 5.56 Å². The largest absolute Gasteiger partial charge is 0.280 e. The molecule has 0 radical (unpaired) electrons. The van der Waals surface area contributed by atoms with Gasteiger partial charge >= 0.3 is 0 Å². The van der Waals surface area contributed by atoms with E-state index >= 15 is 0 Å². The monoisotopic (exact) mass is 381 g/mol. The summed E-state index contributed by atoms with van der Waals surface area (Å²) in [7, 11) is -3.76. The van der Waals surface area contributed by atoms with Crippen LogP contribution in [0.3, 0.4) is 0 Å². The quantitative estimate of drug-likeness (QED) is 0.545. The van der Waals surface area contributed by atoms with Gasteiger partial charge in [0, 0.05) is 18.1 Å². The van der Waals surface area contributed by atoms with Crippen molar-refractivity contribution in [1.82, 2.24) is 30.0 Å². The maximum absolute atomic E-state index is 12.8. The Morgan fingerprint density at radius 1 is 1.04 bits per heavy atom. The molecule has 9 nitrogen and oxygen atoms in total. The SMILES string of the molecule is O=S(=O)(Nc1cccc(Cn2cccn2)c1)c1cccc(-n2cnnn2)c1. The van der Waals surface area contributed by atoms with E-state index in [4.69, 9.17) is 0 Å². The summed E-state index contributed by atoms with van der Waals surface area (Å²) in [5.74, 6) is 0. The zero-order valence-electron chi connectivity index (χ0n) is 14.0. The standard InChI is InChI=1S/C17H15N7O2S/c25-27(26,17-7-2-6-16(11-17)24-13-18-21-22-24)20-15-5-1-4-14(10-15)12-23-9-3-8-19-23/h1-11,13,20H,12H2. The van der Waals surface area contributed by atoms with Crippen molar-refractivity contribution in [3.05, 3.63) is 78.9 Å². The first kappa shape index (κ1) is 16.9. The van der Waals surface area contributed by atoms with E-state index in [1.807, 2.05) is 18.3 Å². The summed E-state index contributed by atoms with van der Waals surface area (Å²) >= 11 is 0. The van der Waals surface area contributed by atoms with Crippen LogP contribution in [0.5, 0.6) is 0 Å². The minimum Gasteiger partial charge on any atom is -0.280 e. The fraction of sp³-hybridized carbons (Fsp3) is 0.0588. The van der Waals surface area contributed by atoms with Gasteiger partial charge in [0.25, 0.3) is 10.0 Å². The highest BCUT2D eigenvalue weighted by Crippen LogP contribution is 2.19. The van der Waals surface area contributed by atoms with E-state index in [1.54, 1.807) is 41.2 Å². The van der Waals surface area contributed by atoms with Gasteiger partial charge in [-0.3, -0.25) is 9.40 Å². The van der Waals surface area contributed by atoms with Crippen LogP contribution in [0.2, 0.25) is 0 Å². The second-order valence-electron chi connectivity index (χ2n) is 5.76. The van der Waals surface area contributed by atoms with Crippen molar-refractivity contribution in [3.8, 4) is 5.69 Å². The summed E-state index contributed by atoms with van der Waals surface area (Å²) in [4.78, 5) is 0.118. The Labute approximate surface area is 155 Å². The molecule has 1 N–H and O–H groups in total. The number of anilines is 1. The van der Waals surface area contributed by atoms with Crippen molar-refractivity contribution in [1.29, 1.82) is 0 Å².